The van der Waals surface area contributed by atoms with Gasteiger partial charge in [-0.2, -0.15) is 0 Å². The summed E-state index contributed by atoms with van der Waals surface area (Å²) in [6.07, 6.45) is 3.87. The van der Waals surface area contributed by atoms with E-state index in [0.29, 0.717) is 19.0 Å². The van der Waals surface area contributed by atoms with Crippen LogP contribution < -0.4 is 0 Å². The summed E-state index contributed by atoms with van der Waals surface area (Å²) in [6, 6.07) is 0. The van der Waals surface area contributed by atoms with E-state index >= 15 is 0 Å². The number of nitrogens with zero attached hydrogens (tertiary/aromatic N) is 2. The van der Waals surface area contributed by atoms with Crippen LogP contribution in [0.5, 0.6) is 5.75 Å². The van der Waals surface area contributed by atoms with E-state index in [1.165, 1.54) is 6.20 Å². The van der Waals surface area contributed by atoms with E-state index in [0.717, 1.165) is 17.5 Å². The van der Waals surface area contributed by atoms with Gasteiger partial charge in [0.25, 0.3) is 0 Å². The second kappa shape index (κ2) is 4.36. The van der Waals surface area contributed by atoms with Gasteiger partial charge in [0.05, 0.1) is 6.20 Å². The lowest BCUT2D eigenvalue weighted by Crippen LogP contribution is -2.35. The Labute approximate surface area is 118 Å². The number of aromatic nitrogens is 1. The van der Waals surface area contributed by atoms with Crippen molar-refractivity contribution in [2.45, 2.75) is 38.7 Å². The Balaban J connectivity index is 1.75. The van der Waals surface area contributed by atoms with Crippen molar-refractivity contribution >= 4 is 6.09 Å². The predicted octanol–water partition coefficient (Wildman–Crippen LogP) is 2.29. The molecule has 0 unspecified atom stereocenters. The number of carbonyl (C=O) groups is 1. The quantitative estimate of drug-likeness (QED) is 0.789. The van der Waals surface area contributed by atoms with Gasteiger partial charge in [0.15, 0.2) is 0 Å². The third-order valence-electron chi connectivity index (χ3n) is 4.03. The highest BCUT2D eigenvalue weighted by Gasteiger charge is 2.43. The van der Waals surface area contributed by atoms with Crippen LogP contribution in [0.1, 0.15) is 37.8 Å². The Bertz CT molecular complexity index is 551. The van der Waals surface area contributed by atoms with Crippen molar-refractivity contribution in [1.82, 2.24) is 9.88 Å². The lowest BCUT2D eigenvalue weighted by molar-refractivity contribution is 0.0286. The molecule has 1 aromatic heterocycles. The van der Waals surface area contributed by atoms with Crippen LogP contribution in [0.4, 0.5) is 4.79 Å². The fourth-order valence-electron chi connectivity index (χ4n) is 3.20. The zero-order valence-electron chi connectivity index (χ0n) is 12.1. The van der Waals surface area contributed by atoms with Gasteiger partial charge in [-0.25, -0.2) is 4.79 Å². The molecule has 1 N–H and O–H groups in total. The summed E-state index contributed by atoms with van der Waals surface area (Å²) in [4.78, 5) is 17.9. The van der Waals surface area contributed by atoms with Gasteiger partial charge in [0.1, 0.15) is 11.4 Å². The van der Waals surface area contributed by atoms with Gasteiger partial charge in [0.2, 0.25) is 0 Å². The molecule has 2 atom stereocenters. The Morgan fingerprint density at radius 2 is 2.15 bits per heavy atom. The summed E-state index contributed by atoms with van der Waals surface area (Å²) < 4.78 is 5.42. The standard InChI is InChI=1S/C15H20N2O3/c1-15(2,3)20-14(19)17-7-9-4-10-11(12(9)8-17)5-16-6-13(10)18/h5-6,9,12,18H,4,7-8H2,1-3H3/t9-,12+/m0/s1. The average molecular weight is 276 g/mol. The number of aromatic hydroxyl groups is 1. The Morgan fingerprint density at radius 1 is 1.40 bits per heavy atom. The minimum atomic E-state index is -0.466. The molecule has 0 saturated carbocycles. The number of carbonyl (C=O) groups excluding carboxylic acids is 1. The van der Waals surface area contributed by atoms with Crippen LogP contribution in [0, 0.1) is 5.92 Å². The largest absolute Gasteiger partial charge is 0.506 e. The highest BCUT2D eigenvalue weighted by Crippen LogP contribution is 2.45. The van der Waals surface area contributed by atoms with Crippen molar-refractivity contribution in [3.8, 4) is 5.75 Å². The first-order chi connectivity index (χ1) is 9.35. The third kappa shape index (κ3) is 2.21. The second-order valence-electron chi connectivity index (χ2n) is 6.68. The van der Waals surface area contributed by atoms with Crippen LogP contribution in [0.15, 0.2) is 12.4 Å². The van der Waals surface area contributed by atoms with Crippen LogP contribution in [0.2, 0.25) is 0 Å². The minimum Gasteiger partial charge on any atom is -0.506 e. The predicted molar refractivity (Wildman–Crippen MR) is 73.6 cm³/mol. The van der Waals surface area contributed by atoms with Crippen molar-refractivity contribution < 1.29 is 14.6 Å². The number of hydrogen-bond acceptors (Lipinski definition) is 4. The number of amides is 1. The molecule has 1 aromatic rings. The molecule has 3 rings (SSSR count). The molecule has 0 bridgehead atoms. The van der Waals surface area contributed by atoms with Crippen molar-refractivity contribution in [2.24, 2.45) is 5.92 Å². The van der Waals surface area contributed by atoms with Gasteiger partial charge in [0, 0.05) is 30.8 Å². The molecule has 108 valence electrons. The smallest absolute Gasteiger partial charge is 0.410 e. The maximum absolute atomic E-state index is 12.1. The average Bonchev–Trinajstić information content (AvgIpc) is 2.85. The molecule has 2 heterocycles. The van der Waals surface area contributed by atoms with E-state index in [1.54, 1.807) is 4.90 Å². The van der Waals surface area contributed by atoms with Gasteiger partial charge >= 0.3 is 6.09 Å². The fourth-order valence-corrected chi connectivity index (χ4v) is 3.20. The highest BCUT2D eigenvalue weighted by atomic mass is 16.6. The first-order valence-corrected chi connectivity index (χ1v) is 6.99. The zero-order valence-corrected chi connectivity index (χ0v) is 12.1. The second-order valence-corrected chi connectivity index (χ2v) is 6.68. The molecule has 1 aliphatic carbocycles. The van der Waals surface area contributed by atoms with Crippen molar-refractivity contribution in [2.75, 3.05) is 13.1 Å². The normalized spacial score (nSPS) is 24.4. The van der Waals surface area contributed by atoms with Crippen molar-refractivity contribution in [1.29, 1.82) is 0 Å². The molecule has 0 aromatic carbocycles. The number of ether oxygens (including phenoxy) is 1. The van der Waals surface area contributed by atoms with Crippen LogP contribution >= 0.6 is 0 Å². The Hall–Kier alpha value is -1.78. The summed E-state index contributed by atoms with van der Waals surface area (Å²) in [7, 11) is 0. The first-order valence-electron chi connectivity index (χ1n) is 6.99. The number of likely N-dealkylation sites (tertiary alicyclic amines) is 1. The van der Waals surface area contributed by atoms with E-state index in [1.807, 2.05) is 27.0 Å². The number of rotatable bonds is 0. The van der Waals surface area contributed by atoms with Crippen molar-refractivity contribution in [3.05, 3.63) is 23.5 Å². The number of pyridine rings is 1. The topological polar surface area (TPSA) is 62.7 Å². The molecular weight excluding hydrogens is 256 g/mol. The molecular formula is C15H20N2O3. The van der Waals surface area contributed by atoms with Crippen LogP contribution in [-0.4, -0.2) is 39.8 Å². The maximum Gasteiger partial charge on any atom is 0.410 e. The van der Waals surface area contributed by atoms with E-state index in [-0.39, 0.29) is 17.8 Å². The van der Waals surface area contributed by atoms with E-state index in [4.69, 9.17) is 4.74 Å². The Morgan fingerprint density at radius 3 is 2.85 bits per heavy atom. The minimum absolute atomic E-state index is 0.249. The molecule has 1 saturated heterocycles. The molecule has 20 heavy (non-hydrogen) atoms. The summed E-state index contributed by atoms with van der Waals surface area (Å²) in [6.45, 7) is 6.96. The highest BCUT2D eigenvalue weighted by molar-refractivity contribution is 5.69. The summed E-state index contributed by atoms with van der Waals surface area (Å²) in [5, 5.41) is 9.85. The van der Waals surface area contributed by atoms with Crippen LogP contribution in [-0.2, 0) is 11.2 Å². The van der Waals surface area contributed by atoms with E-state index in [2.05, 4.69) is 4.98 Å². The molecule has 5 nitrogen and oxygen atoms in total. The van der Waals surface area contributed by atoms with E-state index < -0.39 is 5.60 Å². The van der Waals surface area contributed by atoms with Gasteiger partial charge in [-0.1, -0.05) is 0 Å². The lowest BCUT2D eigenvalue weighted by atomic mass is 9.97. The molecule has 2 aliphatic rings. The van der Waals surface area contributed by atoms with Gasteiger partial charge in [-0.05, 0) is 38.7 Å². The molecule has 1 fully saturated rings. The third-order valence-corrected chi connectivity index (χ3v) is 4.03. The Kier molecular flexibility index (Phi) is 2.88. The SMILES string of the molecule is CC(C)(C)OC(=O)N1C[C@@H]2Cc3c(O)cncc3[C@@H]2C1. The van der Waals surface area contributed by atoms with Crippen LogP contribution in [0.25, 0.3) is 0 Å². The molecule has 5 heteroatoms. The summed E-state index contributed by atoms with van der Waals surface area (Å²) >= 11 is 0. The fraction of sp³-hybridized carbons (Fsp3) is 0.600. The first kappa shape index (κ1) is 13.2. The van der Waals surface area contributed by atoms with Gasteiger partial charge in [-0.3, -0.25) is 4.98 Å². The molecule has 1 amide bonds. The molecule has 0 radical (unpaired) electrons. The summed E-state index contributed by atoms with van der Waals surface area (Å²) in [5.41, 5.74) is 1.62. The lowest BCUT2D eigenvalue weighted by Gasteiger charge is -2.25. The van der Waals surface area contributed by atoms with Crippen molar-refractivity contribution in [3.63, 3.8) is 0 Å². The van der Waals surface area contributed by atoms with Crippen LogP contribution in [0.3, 0.4) is 0 Å². The molecule has 0 spiro atoms. The van der Waals surface area contributed by atoms with Gasteiger partial charge < -0.3 is 14.7 Å². The molecule has 1 aliphatic heterocycles. The maximum atomic E-state index is 12.1. The summed E-state index contributed by atoms with van der Waals surface area (Å²) in [5.74, 6) is 0.922. The number of hydrogen-bond donors (Lipinski definition) is 1. The van der Waals surface area contributed by atoms with E-state index in [9.17, 15) is 9.90 Å². The van der Waals surface area contributed by atoms with Gasteiger partial charge in [-0.15, -0.1) is 0 Å². The monoisotopic (exact) mass is 276 g/mol. The zero-order chi connectivity index (χ0) is 14.5. The number of fused-ring (bicyclic) bond motifs is 3.